The molecule has 0 radical (unpaired) electrons. The summed E-state index contributed by atoms with van der Waals surface area (Å²) in [4.78, 5) is 5.02. The molecular weight excluding hydrogens is 274 g/mol. The van der Waals surface area contributed by atoms with Gasteiger partial charge in [0.15, 0.2) is 11.6 Å². The third-order valence-electron chi connectivity index (χ3n) is 4.15. The Balaban J connectivity index is 2.23. The molecule has 112 valence electrons. The molecule has 0 bridgehead atoms. The first-order valence-corrected chi connectivity index (χ1v) is 7.01. The number of hydrogen-bond acceptors (Lipinski definition) is 2. The van der Waals surface area contributed by atoms with E-state index in [1.165, 1.54) is 12.1 Å². The van der Waals surface area contributed by atoms with E-state index in [0.29, 0.717) is 11.1 Å². The molecule has 3 rings (SSSR count). The fourth-order valence-corrected chi connectivity index (χ4v) is 3.19. The number of nitrogens with one attached hydrogen (secondary N) is 1. The maximum Gasteiger partial charge on any atom is 0.168 e. The highest BCUT2D eigenvalue weighted by molar-refractivity contribution is 5.93. The van der Waals surface area contributed by atoms with Crippen LogP contribution in [0.15, 0.2) is 24.4 Å². The van der Waals surface area contributed by atoms with Gasteiger partial charge >= 0.3 is 0 Å². The minimum Gasteiger partial charge on any atom is -0.394 e. The predicted octanol–water partition coefficient (Wildman–Crippen LogP) is 2.77. The Bertz CT molecular complexity index is 708. The highest BCUT2D eigenvalue weighted by atomic mass is 19.2. The predicted molar refractivity (Wildman–Crippen MR) is 78.9 cm³/mol. The lowest BCUT2D eigenvalue weighted by Crippen LogP contribution is -2.41. The van der Waals surface area contributed by atoms with Crippen molar-refractivity contribution in [1.29, 1.82) is 0 Å². The van der Waals surface area contributed by atoms with Gasteiger partial charge in [0, 0.05) is 23.7 Å². The summed E-state index contributed by atoms with van der Waals surface area (Å²) < 4.78 is 27.7. The van der Waals surface area contributed by atoms with Gasteiger partial charge in [-0.3, -0.25) is 4.90 Å². The van der Waals surface area contributed by atoms with Crippen LogP contribution in [0.25, 0.3) is 16.5 Å². The fraction of sp³-hybridized carbons (Fsp3) is 0.375. The van der Waals surface area contributed by atoms with Crippen molar-refractivity contribution in [3.63, 3.8) is 0 Å². The maximum absolute atomic E-state index is 13.9. The lowest BCUT2D eigenvalue weighted by atomic mass is 9.89. The smallest absolute Gasteiger partial charge is 0.168 e. The normalized spacial score (nSPS) is 23.6. The molecule has 0 aliphatic carbocycles. The van der Waals surface area contributed by atoms with Crippen LogP contribution < -0.4 is 0 Å². The molecule has 1 aromatic heterocycles. The highest BCUT2D eigenvalue weighted by Gasteiger charge is 2.28. The van der Waals surface area contributed by atoms with Gasteiger partial charge in [0.1, 0.15) is 0 Å². The highest BCUT2D eigenvalue weighted by Crippen LogP contribution is 2.34. The Morgan fingerprint density at radius 3 is 2.90 bits per heavy atom. The van der Waals surface area contributed by atoms with E-state index in [9.17, 15) is 13.9 Å². The number of likely N-dealkylation sites (N-methyl/N-ethyl adjacent to an activating group) is 1. The summed E-state index contributed by atoms with van der Waals surface area (Å²) in [6, 6.07) is 2.54. The van der Waals surface area contributed by atoms with Crippen LogP contribution in [0, 0.1) is 17.6 Å². The van der Waals surface area contributed by atoms with Crippen molar-refractivity contribution in [2.24, 2.45) is 5.92 Å². The van der Waals surface area contributed by atoms with Gasteiger partial charge in [-0.1, -0.05) is 13.0 Å². The monoisotopic (exact) mass is 292 g/mol. The Kier molecular flexibility index (Phi) is 3.55. The van der Waals surface area contributed by atoms with E-state index in [0.717, 1.165) is 12.1 Å². The number of aromatic nitrogens is 1. The number of aliphatic hydroxyl groups is 1. The van der Waals surface area contributed by atoms with Gasteiger partial charge in [0.05, 0.1) is 18.2 Å². The number of benzene rings is 1. The second-order valence-corrected chi connectivity index (χ2v) is 5.72. The van der Waals surface area contributed by atoms with E-state index < -0.39 is 11.6 Å². The second kappa shape index (κ2) is 5.24. The first kappa shape index (κ1) is 14.2. The summed E-state index contributed by atoms with van der Waals surface area (Å²) in [6.45, 7) is 2.83. The SMILES string of the molecule is C[C@@H]1C=C(c2cc(F)c(F)c3cc[nH]c23)[C@@H](CO)N(C)C1. The molecule has 3 nitrogen and oxygen atoms in total. The van der Waals surface area contributed by atoms with Crippen LogP contribution in [0.2, 0.25) is 0 Å². The van der Waals surface area contributed by atoms with E-state index in [1.807, 2.05) is 18.0 Å². The van der Waals surface area contributed by atoms with Gasteiger partial charge in [-0.25, -0.2) is 8.78 Å². The Morgan fingerprint density at radius 2 is 2.19 bits per heavy atom. The number of halogens is 2. The molecule has 0 amide bonds. The van der Waals surface area contributed by atoms with Crippen LogP contribution in [0.5, 0.6) is 0 Å². The van der Waals surface area contributed by atoms with Gasteiger partial charge in [-0.15, -0.1) is 0 Å². The van der Waals surface area contributed by atoms with E-state index in [1.54, 1.807) is 6.20 Å². The molecule has 2 aromatic rings. The van der Waals surface area contributed by atoms with Crippen molar-refractivity contribution < 1.29 is 13.9 Å². The molecule has 21 heavy (non-hydrogen) atoms. The molecule has 5 heteroatoms. The topological polar surface area (TPSA) is 39.3 Å². The molecule has 2 N–H and O–H groups in total. The van der Waals surface area contributed by atoms with Crippen LogP contribution in [0.3, 0.4) is 0 Å². The fourth-order valence-electron chi connectivity index (χ4n) is 3.19. The van der Waals surface area contributed by atoms with E-state index >= 15 is 0 Å². The van der Waals surface area contributed by atoms with Gasteiger partial charge in [-0.2, -0.15) is 0 Å². The van der Waals surface area contributed by atoms with E-state index in [4.69, 9.17) is 0 Å². The quantitative estimate of drug-likeness (QED) is 0.893. The van der Waals surface area contributed by atoms with Crippen LogP contribution in [0.1, 0.15) is 12.5 Å². The minimum atomic E-state index is -0.865. The molecule has 1 aromatic carbocycles. The number of aliphatic hydroxyl groups excluding tert-OH is 1. The number of fused-ring (bicyclic) bond motifs is 1. The molecule has 0 unspecified atom stereocenters. The second-order valence-electron chi connectivity index (χ2n) is 5.72. The molecule has 1 aliphatic rings. The van der Waals surface area contributed by atoms with Crippen LogP contribution >= 0.6 is 0 Å². The molecule has 0 spiro atoms. The number of aromatic amines is 1. The molecule has 0 saturated carbocycles. The molecular formula is C16H18F2N2O. The number of H-pyrrole nitrogens is 1. The third-order valence-corrected chi connectivity index (χ3v) is 4.15. The van der Waals surface area contributed by atoms with Gasteiger partial charge in [0.2, 0.25) is 0 Å². The molecule has 2 atom stereocenters. The minimum absolute atomic E-state index is 0.0593. The molecule has 0 fully saturated rings. The van der Waals surface area contributed by atoms with Crippen molar-refractivity contribution in [2.45, 2.75) is 13.0 Å². The average molecular weight is 292 g/mol. The van der Waals surface area contributed by atoms with Crippen molar-refractivity contribution in [2.75, 3.05) is 20.2 Å². The van der Waals surface area contributed by atoms with Crippen LogP contribution in [0.4, 0.5) is 8.78 Å². The zero-order valence-electron chi connectivity index (χ0n) is 12.0. The summed E-state index contributed by atoms with van der Waals surface area (Å²) in [7, 11) is 1.93. The first-order valence-electron chi connectivity index (χ1n) is 7.01. The Labute approximate surface area is 121 Å². The average Bonchev–Trinajstić information content (AvgIpc) is 2.91. The lowest BCUT2D eigenvalue weighted by Gasteiger charge is -2.35. The molecule has 1 aliphatic heterocycles. The van der Waals surface area contributed by atoms with Crippen molar-refractivity contribution >= 4 is 16.5 Å². The van der Waals surface area contributed by atoms with Crippen molar-refractivity contribution in [1.82, 2.24) is 9.88 Å². The van der Waals surface area contributed by atoms with E-state index in [2.05, 4.69) is 11.9 Å². The lowest BCUT2D eigenvalue weighted by molar-refractivity contribution is 0.167. The largest absolute Gasteiger partial charge is 0.394 e. The number of nitrogens with zero attached hydrogens (tertiary/aromatic N) is 1. The van der Waals surface area contributed by atoms with Crippen molar-refractivity contribution in [3.05, 3.63) is 41.6 Å². The number of rotatable bonds is 2. The Hall–Kier alpha value is -1.72. The zero-order valence-corrected chi connectivity index (χ0v) is 12.0. The maximum atomic E-state index is 13.9. The number of hydrogen-bond donors (Lipinski definition) is 2. The van der Waals surface area contributed by atoms with E-state index in [-0.39, 0.29) is 24.0 Å². The summed E-state index contributed by atoms with van der Waals surface area (Å²) in [5, 5.41) is 9.90. The summed E-state index contributed by atoms with van der Waals surface area (Å²) in [6.07, 6.45) is 3.63. The van der Waals surface area contributed by atoms with Crippen molar-refractivity contribution in [3.8, 4) is 0 Å². The van der Waals surface area contributed by atoms with Crippen LogP contribution in [-0.2, 0) is 0 Å². The van der Waals surface area contributed by atoms with Crippen LogP contribution in [-0.4, -0.2) is 41.2 Å². The summed E-state index contributed by atoms with van der Waals surface area (Å²) in [5.41, 5.74) is 2.03. The standard InChI is InChI=1S/C16H18F2N2O/c1-9-5-11(14(8-21)20(2)7-9)12-6-13(17)15(18)10-3-4-19-16(10)12/h3-6,9,14,19,21H,7-8H2,1-2H3/t9-,14-/m1/s1. The molecule has 2 heterocycles. The summed E-state index contributed by atoms with van der Waals surface area (Å²) >= 11 is 0. The summed E-state index contributed by atoms with van der Waals surface area (Å²) in [5.74, 6) is -1.42. The van der Waals surface area contributed by atoms with Gasteiger partial charge < -0.3 is 10.1 Å². The third kappa shape index (κ3) is 2.26. The first-order chi connectivity index (χ1) is 10.0. The van der Waals surface area contributed by atoms with Gasteiger partial charge in [-0.05, 0) is 30.7 Å². The van der Waals surface area contributed by atoms with Gasteiger partial charge in [0.25, 0.3) is 0 Å². The molecule has 0 saturated heterocycles. The Morgan fingerprint density at radius 1 is 1.43 bits per heavy atom. The zero-order chi connectivity index (χ0) is 15.1.